The van der Waals surface area contributed by atoms with Crippen LogP contribution in [0.2, 0.25) is 0 Å². The standard InChI is InChI=1S/C14H20BrN3O/c1-2-18(13-7-8-16-9-13)10-14(19)17-12-5-3-11(15)4-6-12/h3-6,13,16H,2,7-10H2,1H3,(H,17,19). The van der Waals surface area contributed by atoms with Crippen LogP contribution >= 0.6 is 15.9 Å². The van der Waals surface area contributed by atoms with Gasteiger partial charge in [-0.15, -0.1) is 0 Å². The maximum atomic E-state index is 12.0. The van der Waals surface area contributed by atoms with E-state index in [1.807, 2.05) is 24.3 Å². The predicted octanol–water partition coefficient (Wildman–Crippen LogP) is 2.07. The largest absolute Gasteiger partial charge is 0.325 e. The number of carbonyl (C=O) groups excluding carboxylic acids is 1. The second kappa shape index (κ2) is 7.03. The van der Waals surface area contributed by atoms with E-state index in [9.17, 15) is 4.79 Å². The lowest BCUT2D eigenvalue weighted by Gasteiger charge is -2.26. The van der Waals surface area contributed by atoms with Crippen LogP contribution in [0.4, 0.5) is 5.69 Å². The zero-order valence-corrected chi connectivity index (χ0v) is 12.7. The van der Waals surface area contributed by atoms with Crippen LogP contribution in [0.1, 0.15) is 13.3 Å². The van der Waals surface area contributed by atoms with E-state index >= 15 is 0 Å². The molecule has 1 amide bonds. The number of amides is 1. The zero-order valence-electron chi connectivity index (χ0n) is 11.2. The highest BCUT2D eigenvalue weighted by molar-refractivity contribution is 9.10. The number of hydrogen-bond donors (Lipinski definition) is 2. The van der Waals surface area contributed by atoms with Gasteiger partial charge < -0.3 is 10.6 Å². The number of halogens is 1. The lowest BCUT2D eigenvalue weighted by molar-refractivity contribution is -0.117. The monoisotopic (exact) mass is 325 g/mol. The molecular weight excluding hydrogens is 306 g/mol. The molecule has 0 saturated carbocycles. The average molecular weight is 326 g/mol. The van der Waals surface area contributed by atoms with Gasteiger partial charge in [-0.2, -0.15) is 0 Å². The van der Waals surface area contributed by atoms with Gasteiger partial charge in [0.2, 0.25) is 5.91 Å². The second-order valence-corrected chi connectivity index (χ2v) is 5.68. The van der Waals surface area contributed by atoms with Gasteiger partial charge in [-0.1, -0.05) is 22.9 Å². The molecule has 0 spiro atoms. The molecule has 1 aliphatic heterocycles. The van der Waals surface area contributed by atoms with Crippen molar-refractivity contribution in [3.8, 4) is 0 Å². The van der Waals surface area contributed by atoms with E-state index in [-0.39, 0.29) is 5.91 Å². The Morgan fingerprint density at radius 1 is 1.47 bits per heavy atom. The highest BCUT2D eigenvalue weighted by atomic mass is 79.9. The zero-order chi connectivity index (χ0) is 13.7. The molecule has 1 aliphatic rings. The number of rotatable bonds is 5. The number of carbonyl (C=O) groups is 1. The summed E-state index contributed by atoms with van der Waals surface area (Å²) in [5.41, 5.74) is 0.841. The van der Waals surface area contributed by atoms with Gasteiger partial charge in [0.25, 0.3) is 0 Å². The number of likely N-dealkylation sites (N-methyl/N-ethyl adjacent to an activating group) is 1. The van der Waals surface area contributed by atoms with Crippen molar-refractivity contribution in [3.05, 3.63) is 28.7 Å². The van der Waals surface area contributed by atoms with Crippen molar-refractivity contribution in [2.75, 3.05) is 31.5 Å². The maximum Gasteiger partial charge on any atom is 0.238 e. The fraction of sp³-hybridized carbons (Fsp3) is 0.500. The van der Waals surface area contributed by atoms with E-state index in [2.05, 4.69) is 38.4 Å². The lowest BCUT2D eigenvalue weighted by Crippen LogP contribution is -2.41. The molecule has 1 fully saturated rings. The molecule has 1 atom stereocenters. The van der Waals surface area contributed by atoms with Gasteiger partial charge in [-0.05, 0) is 43.8 Å². The predicted molar refractivity (Wildman–Crippen MR) is 81.3 cm³/mol. The summed E-state index contributed by atoms with van der Waals surface area (Å²) in [6.07, 6.45) is 1.12. The quantitative estimate of drug-likeness (QED) is 0.871. The van der Waals surface area contributed by atoms with Gasteiger partial charge in [0, 0.05) is 22.7 Å². The van der Waals surface area contributed by atoms with Crippen LogP contribution in [0, 0.1) is 0 Å². The van der Waals surface area contributed by atoms with Crippen molar-refractivity contribution in [2.24, 2.45) is 0 Å². The number of benzene rings is 1. The minimum absolute atomic E-state index is 0.0519. The Morgan fingerprint density at radius 3 is 2.79 bits per heavy atom. The first kappa shape index (κ1) is 14.5. The minimum Gasteiger partial charge on any atom is -0.325 e. The first-order valence-corrected chi connectivity index (χ1v) is 7.48. The Balaban J connectivity index is 1.87. The first-order valence-electron chi connectivity index (χ1n) is 6.69. The summed E-state index contributed by atoms with van der Waals surface area (Å²) < 4.78 is 1.01. The fourth-order valence-corrected chi connectivity index (χ4v) is 2.63. The van der Waals surface area contributed by atoms with Crippen molar-refractivity contribution in [2.45, 2.75) is 19.4 Å². The SMILES string of the molecule is CCN(CC(=O)Nc1ccc(Br)cc1)C1CCNC1. The minimum atomic E-state index is 0.0519. The topological polar surface area (TPSA) is 44.4 Å². The number of anilines is 1. The van der Waals surface area contributed by atoms with Crippen molar-refractivity contribution in [1.82, 2.24) is 10.2 Å². The van der Waals surface area contributed by atoms with E-state index in [4.69, 9.17) is 0 Å². The van der Waals surface area contributed by atoms with Gasteiger partial charge in [0.1, 0.15) is 0 Å². The van der Waals surface area contributed by atoms with Crippen LogP contribution in [-0.2, 0) is 4.79 Å². The van der Waals surface area contributed by atoms with Gasteiger partial charge >= 0.3 is 0 Å². The number of nitrogens with one attached hydrogen (secondary N) is 2. The fourth-order valence-electron chi connectivity index (χ4n) is 2.37. The average Bonchev–Trinajstić information content (AvgIpc) is 2.92. The molecule has 1 heterocycles. The first-order chi connectivity index (χ1) is 9.19. The molecule has 1 aromatic carbocycles. The van der Waals surface area contributed by atoms with Gasteiger partial charge in [-0.3, -0.25) is 9.69 Å². The number of hydrogen-bond acceptors (Lipinski definition) is 3. The van der Waals surface area contributed by atoms with Crippen molar-refractivity contribution < 1.29 is 4.79 Å². The molecule has 19 heavy (non-hydrogen) atoms. The van der Waals surface area contributed by atoms with E-state index in [1.54, 1.807) is 0 Å². The molecule has 0 radical (unpaired) electrons. The van der Waals surface area contributed by atoms with Gasteiger partial charge in [-0.25, -0.2) is 0 Å². The molecule has 1 saturated heterocycles. The second-order valence-electron chi connectivity index (χ2n) is 4.76. The summed E-state index contributed by atoms with van der Waals surface area (Å²) in [5.74, 6) is 0.0519. The molecule has 4 nitrogen and oxygen atoms in total. The molecule has 1 unspecified atom stereocenters. The molecule has 5 heteroatoms. The number of nitrogens with zero attached hydrogens (tertiary/aromatic N) is 1. The van der Waals surface area contributed by atoms with E-state index < -0.39 is 0 Å². The van der Waals surface area contributed by atoms with Gasteiger partial charge in [0.15, 0.2) is 0 Å². The van der Waals surface area contributed by atoms with Crippen LogP contribution in [0.5, 0.6) is 0 Å². The van der Waals surface area contributed by atoms with E-state index in [1.165, 1.54) is 0 Å². The van der Waals surface area contributed by atoms with Crippen LogP contribution < -0.4 is 10.6 Å². The Morgan fingerprint density at radius 2 is 2.21 bits per heavy atom. The molecule has 2 rings (SSSR count). The molecule has 2 N–H and O–H groups in total. The maximum absolute atomic E-state index is 12.0. The molecular formula is C14H20BrN3O. The summed E-state index contributed by atoms with van der Waals surface area (Å²) >= 11 is 3.38. The smallest absolute Gasteiger partial charge is 0.238 e. The molecule has 0 bridgehead atoms. The lowest BCUT2D eigenvalue weighted by atomic mass is 10.2. The summed E-state index contributed by atoms with van der Waals surface area (Å²) in [5, 5.41) is 6.27. The third-order valence-corrected chi connectivity index (χ3v) is 3.96. The summed E-state index contributed by atoms with van der Waals surface area (Å²) in [6.45, 7) is 5.50. The van der Waals surface area contributed by atoms with Crippen LogP contribution in [0.15, 0.2) is 28.7 Å². The van der Waals surface area contributed by atoms with Gasteiger partial charge in [0.05, 0.1) is 6.54 Å². The van der Waals surface area contributed by atoms with Crippen LogP contribution in [-0.4, -0.2) is 43.0 Å². The highest BCUT2D eigenvalue weighted by Gasteiger charge is 2.22. The van der Waals surface area contributed by atoms with Crippen molar-refractivity contribution in [3.63, 3.8) is 0 Å². The Kier molecular flexibility index (Phi) is 5.36. The van der Waals surface area contributed by atoms with E-state index in [0.717, 1.165) is 36.2 Å². The summed E-state index contributed by atoms with van der Waals surface area (Å²) in [7, 11) is 0. The molecule has 104 valence electrons. The summed E-state index contributed by atoms with van der Waals surface area (Å²) in [4.78, 5) is 14.3. The van der Waals surface area contributed by atoms with Crippen LogP contribution in [0.3, 0.4) is 0 Å². The molecule has 0 aromatic heterocycles. The highest BCUT2D eigenvalue weighted by Crippen LogP contribution is 2.14. The van der Waals surface area contributed by atoms with E-state index in [0.29, 0.717) is 12.6 Å². The Labute approximate surface area is 122 Å². The molecule has 1 aromatic rings. The van der Waals surface area contributed by atoms with Crippen molar-refractivity contribution in [1.29, 1.82) is 0 Å². The van der Waals surface area contributed by atoms with Crippen molar-refractivity contribution >= 4 is 27.5 Å². The normalized spacial score (nSPS) is 18.8. The third kappa shape index (κ3) is 4.30. The Hall–Kier alpha value is -0.910. The summed E-state index contributed by atoms with van der Waals surface area (Å²) in [6, 6.07) is 8.13. The van der Waals surface area contributed by atoms with Crippen LogP contribution in [0.25, 0.3) is 0 Å². The molecule has 0 aliphatic carbocycles. The Bertz CT molecular complexity index is 415. The third-order valence-electron chi connectivity index (χ3n) is 3.43.